The fourth-order valence-electron chi connectivity index (χ4n) is 7.52. The highest BCUT2D eigenvalue weighted by molar-refractivity contribution is 6.36. The maximum atomic E-state index is 16.2. The number of aromatic nitrogens is 3. The third-order valence-electron chi connectivity index (χ3n) is 10.2. The summed E-state index contributed by atoms with van der Waals surface area (Å²) in [6.07, 6.45) is 6.10. The molecule has 256 valence electrons. The first kappa shape index (κ1) is 33.4. The van der Waals surface area contributed by atoms with Gasteiger partial charge >= 0.3 is 6.01 Å². The van der Waals surface area contributed by atoms with Crippen LogP contribution < -0.4 is 15.0 Å². The summed E-state index contributed by atoms with van der Waals surface area (Å²) in [6.45, 7) is 4.70. The summed E-state index contributed by atoms with van der Waals surface area (Å²) in [5, 5.41) is 5.84. The van der Waals surface area contributed by atoms with Crippen LogP contribution in [0, 0.1) is 23.6 Å². The van der Waals surface area contributed by atoms with Gasteiger partial charge < -0.3 is 19.9 Å². The molecular formula is C37H40ClF2N7O2. The minimum absolute atomic E-state index is 0.0404. The van der Waals surface area contributed by atoms with Gasteiger partial charge in [0.1, 0.15) is 23.2 Å². The first-order valence-corrected chi connectivity index (χ1v) is 17.4. The first-order chi connectivity index (χ1) is 23.8. The highest BCUT2D eigenvalue weighted by Crippen LogP contribution is 2.37. The topological polar surface area (TPSA) is 86.7 Å². The minimum atomic E-state index is -0.583. The standard InChI is InChI=1S/C30H28ClFN6O2.C7H12FN/c1-37(20-12-14-38(17-20)24(39)10-9-18-11-13-33-15-18)29-22-16-34-27(26(32)28(22)35-30(36-29)40-2)21-7-3-5-19-6-4-8-23(31)25(19)21;8-6-4-7-2-1-3-9(7)5-6/h3-8,16,18,20,33H,11-15,17H2,1-2H3;6-7H,1-5H2. The Morgan fingerprint density at radius 1 is 1.12 bits per heavy atom. The number of ether oxygens (including phenoxy) is 1. The molecule has 4 aliphatic heterocycles. The zero-order chi connectivity index (χ0) is 34.1. The Bertz CT molecular complexity index is 1910. The SMILES string of the molecule is COc1nc(N(C)C2CCN(C(=O)C#CC3CCNC3)C2)c2cnc(-c3cccc4cccc(Cl)c34)c(F)c2n1.FC1CC2CCCN2C1. The average Bonchev–Trinajstić information content (AvgIpc) is 3.93. The molecule has 4 aromatic rings. The molecule has 0 spiro atoms. The molecule has 4 fully saturated rings. The molecule has 1 N–H and O–H groups in total. The van der Waals surface area contributed by atoms with Crippen molar-refractivity contribution in [2.45, 2.75) is 50.4 Å². The Morgan fingerprint density at radius 3 is 2.73 bits per heavy atom. The summed E-state index contributed by atoms with van der Waals surface area (Å²) in [5.74, 6) is 5.88. The number of anilines is 1. The number of likely N-dealkylation sites (N-methyl/N-ethyl adjacent to an activating group) is 1. The van der Waals surface area contributed by atoms with Gasteiger partial charge in [-0.3, -0.25) is 14.7 Å². The van der Waals surface area contributed by atoms with E-state index in [1.807, 2.05) is 36.2 Å². The van der Waals surface area contributed by atoms with Crippen LogP contribution in [0.5, 0.6) is 6.01 Å². The molecule has 6 heterocycles. The van der Waals surface area contributed by atoms with Gasteiger partial charge in [-0.15, -0.1) is 0 Å². The zero-order valence-corrected chi connectivity index (χ0v) is 28.5. The fourth-order valence-corrected chi connectivity index (χ4v) is 7.81. The number of nitrogens with zero attached hydrogens (tertiary/aromatic N) is 6. The number of rotatable bonds is 4. The summed E-state index contributed by atoms with van der Waals surface area (Å²) in [6, 6.07) is 11.7. The van der Waals surface area contributed by atoms with E-state index in [0.717, 1.165) is 49.7 Å². The van der Waals surface area contributed by atoms with Crippen molar-refractivity contribution in [1.29, 1.82) is 0 Å². The van der Waals surface area contributed by atoms with E-state index in [9.17, 15) is 9.18 Å². The van der Waals surface area contributed by atoms with Crippen molar-refractivity contribution in [3.8, 4) is 29.1 Å². The van der Waals surface area contributed by atoms with Gasteiger partial charge in [-0.1, -0.05) is 47.9 Å². The number of alkyl halides is 1. The summed E-state index contributed by atoms with van der Waals surface area (Å²) in [4.78, 5) is 32.2. The molecule has 2 aromatic heterocycles. The number of pyridine rings is 1. The van der Waals surface area contributed by atoms with Gasteiger partial charge in [0.2, 0.25) is 0 Å². The number of fused-ring (bicyclic) bond motifs is 3. The molecule has 0 radical (unpaired) electrons. The van der Waals surface area contributed by atoms with E-state index >= 15 is 4.39 Å². The third-order valence-corrected chi connectivity index (χ3v) is 10.5. The van der Waals surface area contributed by atoms with Crippen LogP contribution in [-0.4, -0.2) is 102 Å². The predicted octanol–water partition coefficient (Wildman–Crippen LogP) is 5.49. The zero-order valence-electron chi connectivity index (χ0n) is 27.8. The van der Waals surface area contributed by atoms with E-state index in [4.69, 9.17) is 16.3 Å². The van der Waals surface area contributed by atoms with Crippen molar-refractivity contribution >= 4 is 45.0 Å². The van der Waals surface area contributed by atoms with Crippen LogP contribution >= 0.6 is 11.6 Å². The number of amides is 1. The largest absolute Gasteiger partial charge is 0.467 e. The van der Waals surface area contributed by atoms with Crippen molar-refractivity contribution in [2.24, 2.45) is 5.92 Å². The molecule has 9 nitrogen and oxygen atoms in total. The van der Waals surface area contributed by atoms with Gasteiger partial charge in [-0.2, -0.15) is 9.97 Å². The lowest BCUT2D eigenvalue weighted by Crippen LogP contribution is -2.37. The number of hydrogen-bond acceptors (Lipinski definition) is 8. The number of carbonyl (C=O) groups excluding carboxylic acids is 1. The van der Waals surface area contributed by atoms with Crippen LogP contribution in [0.25, 0.3) is 32.9 Å². The monoisotopic (exact) mass is 687 g/mol. The van der Waals surface area contributed by atoms with E-state index < -0.39 is 12.0 Å². The molecule has 2 aromatic carbocycles. The molecule has 12 heteroatoms. The number of halogens is 3. The van der Waals surface area contributed by atoms with Crippen molar-refractivity contribution in [2.75, 3.05) is 58.3 Å². The van der Waals surface area contributed by atoms with Gasteiger partial charge in [0.05, 0.1) is 12.5 Å². The van der Waals surface area contributed by atoms with Gasteiger partial charge in [-0.05, 0) is 62.6 Å². The number of methoxy groups -OCH3 is 1. The summed E-state index contributed by atoms with van der Waals surface area (Å²) in [7, 11) is 3.33. The van der Waals surface area contributed by atoms with Gasteiger partial charge in [0, 0.05) is 73.4 Å². The van der Waals surface area contributed by atoms with Crippen LogP contribution in [0.15, 0.2) is 42.6 Å². The molecule has 49 heavy (non-hydrogen) atoms. The van der Waals surface area contributed by atoms with E-state index in [1.165, 1.54) is 20.0 Å². The second-order valence-electron chi connectivity index (χ2n) is 13.2. The molecule has 8 rings (SSSR count). The molecule has 4 atom stereocenters. The summed E-state index contributed by atoms with van der Waals surface area (Å²) >= 11 is 6.51. The Labute approximate surface area is 290 Å². The second kappa shape index (κ2) is 14.4. The minimum Gasteiger partial charge on any atom is -0.467 e. The van der Waals surface area contributed by atoms with Crippen molar-refractivity contribution in [1.82, 2.24) is 30.1 Å². The Morgan fingerprint density at radius 2 is 1.96 bits per heavy atom. The smallest absolute Gasteiger partial charge is 0.318 e. The fraction of sp³-hybridized carbons (Fsp3) is 0.459. The first-order valence-electron chi connectivity index (χ1n) is 17.0. The van der Waals surface area contributed by atoms with Crippen LogP contribution in [0.3, 0.4) is 0 Å². The normalized spacial score (nSPS) is 23.2. The predicted molar refractivity (Wildman–Crippen MR) is 188 cm³/mol. The Hall–Kier alpha value is -4.11. The van der Waals surface area contributed by atoms with Crippen molar-refractivity contribution in [3.63, 3.8) is 0 Å². The van der Waals surface area contributed by atoms with Gasteiger partial charge in [-0.25, -0.2) is 8.78 Å². The Kier molecular flexibility index (Phi) is 9.81. The third kappa shape index (κ3) is 6.87. The van der Waals surface area contributed by atoms with E-state index in [-0.39, 0.29) is 35.1 Å². The van der Waals surface area contributed by atoms with Gasteiger partial charge in [0.15, 0.2) is 5.82 Å². The lowest BCUT2D eigenvalue weighted by molar-refractivity contribution is -0.124. The number of likely N-dealkylation sites (tertiary alicyclic amines) is 1. The second-order valence-corrected chi connectivity index (χ2v) is 13.7. The Balaban J connectivity index is 0.000000361. The molecule has 0 saturated carbocycles. The highest BCUT2D eigenvalue weighted by Gasteiger charge is 2.35. The van der Waals surface area contributed by atoms with Crippen molar-refractivity contribution < 1.29 is 18.3 Å². The summed E-state index contributed by atoms with van der Waals surface area (Å²) in [5.41, 5.74) is 0.827. The van der Waals surface area contributed by atoms with Crippen LogP contribution in [-0.2, 0) is 4.79 Å². The quantitative estimate of drug-likeness (QED) is 0.282. The maximum Gasteiger partial charge on any atom is 0.318 e. The molecule has 4 unspecified atom stereocenters. The molecule has 0 bridgehead atoms. The average molecular weight is 688 g/mol. The lowest BCUT2D eigenvalue weighted by Gasteiger charge is -2.27. The van der Waals surface area contributed by atoms with E-state index in [2.05, 4.69) is 37.0 Å². The van der Waals surface area contributed by atoms with E-state index in [1.54, 1.807) is 23.2 Å². The molecular weight excluding hydrogens is 648 g/mol. The number of benzene rings is 2. The lowest BCUT2D eigenvalue weighted by atomic mass is 10.0. The maximum absolute atomic E-state index is 16.2. The number of hydrogen-bond donors (Lipinski definition) is 1. The summed E-state index contributed by atoms with van der Waals surface area (Å²) < 4.78 is 34.2. The van der Waals surface area contributed by atoms with Crippen LogP contribution in [0.2, 0.25) is 5.02 Å². The number of carbonyl (C=O) groups is 1. The molecule has 1 amide bonds. The molecule has 0 aliphatic carbocycles. The van der Waals surface area contributed by atoms with Gasteiger partial charge in [0.25, 0.3) is 5.91 Å². The number of nitrogens with one attached hydrogen (secondary N) is 1. The molecule has 4 aliphatic rings. The van der Waals surface area contributed by atoms with Crippen LogP contribution in [0.4, 0.5) is 14.6 Å². The highest BCUT2D eigenvalue weighted by atomic mass is 35.5. The van der Waals surface area contributed by atoms with E-state index in [0.29, 0.717) is 47.5 Å². The van der Waals surface area contributed by atoms with Crippen molar-refractivity contribution in [3.05, 3.63) is 53.4 Å². The van der Waals surface area contributed by atoms with Crippen LogP contribution in [0.1, 0.15) is 32.1 Å². The molecule has 4 saturated heterocycles.